The predicted octanol–water partition coefficient (Wildman–Crippen LogP) is 4.38. The van der Waals surface area contributed by atoms with Crippen LogP contribution in [0.4, 0.5) is 5.69 Å². The van der Waals surface area contributed by atoms with E-state index in [1.54, 1.807) is 0 Å². The number of oxazole rings is 1. The number of likely N-dealkylation sites (N-methyl/N-ethyl adjacent to an activating group) is 1. The fourth-order valence-electron chi connectivity index (χ4n) is 3.80. The van der Waals surface area contributed by atoms with Gasteiger partial charge in [0.2, 0.25) is 5.89 Å². The summed E-state index contributed by atoms with van der Waals surface area (Å²) in [6.07, 6.45) is 0. The molecule has 1 aromatic heterocycles. The van der Waals surface area contributed by atoms with E-state index in [4.69, 9.17) is 9.40 Å². The van der Waals surface area contributed by atoms with Crippen LogP contribution in [0.2, 0.25) is 0 Å². The van der Waals surface area contributed by atoms with E-state index in [0.717, 1.165) is 41.1 Å². The van der Waals surface area contributed by atoms with Gasteiger partial charge in [0.1, 0.15) is 11.6 Å². The van der Waals surface area contributed by atoms with Gasteiger partial charge in [0.25, 0.3) is 0 Å². The van der Waals surface area contributed by atoms with Gasteiger partial charge in [0.15, 0.2) is 5.58 Å². The third-order valence-corrected chi connectivity index (χ3v) is 5.49. The van der Waals surface area contributed by atoms with Crippen LogP contribution in [0.25, 0.3) is 22.2 Å². The molecule has 1 aliphatic rings. The van der Waals surface area contributed by atoms with Crippen LogP contribution in [0, 0.1) is 18.3 Å². The number of benzene rings is 2. The number of nitrogens with zero attached hydrogens (tertiary/aromatic N) is 3. The Kier molecular flexibility index (Phi) is 4.40. The van der Waals surface area contributed by atoms with Crippen molar-refractivity contribution in [3.63, 3.8) is 0 Å². The summed E-state index contributed by atoms with van der Waals surface area (Å²) in [5.41, 5.74) is 5.93. The molecule has 1 saturated heterocycles. The van der Waals surface area contributed by atoms with Gasteiger partial charge in [-0.2, -0.15) is 5.26 Å². The van der Waals surface area contributed by atoms with Crippen molar-refractivity contribution in [2.24, 2.45) is 0 Å². The molecule has 0 saturated carbocycles. The third-order valence-electron chi connectivity index (χ3n) is 5.49. The molecule has 2 aromatic carbocycles. The summed E-state index contributed by atoms with van der Waals surface area (Å²) in [6, 6.07) is 13.1. The van der Waals surface area contributed by atoms with Gasteiger partial charge >= 0.3 is 0 Å². The zero-order valence-corrected chi connectivity index (χ0v) is 17.1. The Balaban J connectivity index is 2.06. The van der Waals surface area contributed by atoms with Gasteiger partial charge in [-0.25, -0.2) is 4.98 Å². The van der Waals surface area contributed by atoms with Gasteiger partial charge < -0.3 is 14.6 Å². The normalized spacial score (nSPS) is 14.9. The van der Waals surface area contributed by atoms with Crippen molar-refractivity contribution in [1.82, 2.24) is 10.3 Å². The zero-order valence-electron chi connectivity index (χ0n) is 17.1. The highest BCUT2D eigenvalue weighted by atomic mass is 16.4. The minimum atomic E-state index is -0.230. The maximum Gasteiger partial charge on any atom is 0.201 e. The molecule has 5 nitrogen and oxygen atoms in total. The first-order valence-corrected chi connectivity index (χ1v) is 9.70. The molecule has 1 aliphatic heterocycles. The lowest BCUT2D eigenvalue weighted by Crippen LogP contribution is -2.57. The lowest BCUT2D eigenvalue weighted by atomic mass is 9.91. The summed E-state index contributed by atoms with van der Waals surface area (Å²) >= 11 is 0. The average Bonchev–Trinajstić information content (AvgIpc) is 3.07. The molecule has 0 atom stereocenters. The van der Waals surface area contributed by atoms with E-state index >= 15 is 0 Å². The van der Waals surface area contributed by atoms with E-state index in [1.165, 1.54) is 0 Å². The fraction of sp³-hybridized carbons (Fsp3) is 0.391. The molecule has 0 aliphatic carbocycles. The molecule has 0 spiro atoms. The van der Waals surface area contributed by atoms with Gasteiger partial charge in [-0.15, -0.1) is 0 Å². The average molecular weight is 374 g/mol. The van der Waals surface area contributed by atoms with E-state index in [1.807, 2.05) is 32.2 Å². The van der Waals surface area contributed by atoms with E-state index in [9.17, 15) is 5.26 Å². The standard InChI is InChI=1S/C23H26N4O/c1-14-17(11-24)19-21(28-22(26-19)23(2,3)4)20(27-12-16(13-27)25-5)18(14)15-9-7-6-8-10-15/h6-10,16,25H,12-13H2,1-5H3. The molecule has 5 heteroatoms. The SMILES string of the molecule is CNC1CN(c2c(-c3ccccc3)c(C)c(C#N)c3nc(C(C)(C)C)oc23)C1. The summed E-state index contributed by atoms with van der Waals surface area (Å²) in [5, 5.41) is 13.3. The van der Waals surface area contributed by atoms with Crippen molar-refractivity contribution in [3.8, 4) is 17.2 Å². The molecule has 0 radical (unpaired) electrons. The summed E-state index contributed by atoms with van der Waals surface area (Å²) in [7, 11) is 1.99. The number of fused-ring (bicyclic) bond motifs is 1. The summed E-state index contributed by atoms with van der Waals surface area (Å²) in [4.78, 5) is 7.09. The van der Waals surface area contributed by atoms with Gasteiger partial charge in [-0.1, -0.05) is 51.1 Å². The van der Waals surface area contributed by atoms with Crippen molar-refractivity contribution in [1.29, 1.82) is 5.26 Å². The molecule has 4 rings (SSSR count). The minimum absolute atomic E-state index is 0.230. The zero-order chi connectivity index (χ0) is 20.1. The van der Waals surface area contributed by atoms with Crippen LogP contribution in [0.1, 0.15) is 37.8 Å². The number of anilines is 1. The molecular formula is C23H26N4O. The predicted molar refractivity (Wildman–Crippen MR) is 113 cm³/mol. The lowest BCUT2D eigenvalue weighted by Gasteiger charge is -2.42. The van der Waals surface area contributed by atoms with Crippen LogP contribution >= 0.6 is 0 Å². The first-order valence-electron chi connectivity index (χ1n) is 9.70. The highest BCUT2D eigenvalue weighted by molar-refractivity contribution is 6.02. The Morgan fingerprint density at radius 1 is 1.21 bits per heavy atom. The lowest BCUT2D eigenvalue weighted by molar-refractivity contribution is 0.408. The van der Waals surface area contributed by atoms with Gasteiger partial charge in [-0.05, 0) is 25.1 Å². The second-order valence-electron chi connectivity index (χ2n) is 8.54. The molecular weight excluding hydrogens is 348 g/mol. The first kappa shape index (κ1) is 18.5. The quantitative estimate of drug-likeness (QED) is 0.737. The number of hydrogen-bond donors (Lipinski definition) is 1. The molecule has 1 fully saturated rings. The summed E-state index contributed by atoms with van der Waals surface area (Å²) < 4.78 is 6.32. The van der Waals surface area contributed by atoms with Crippen molar-refractivity contribution in [3.05, 3.63) is 47.3 Å². The number of aromatic nitrogens is 1. The fourth-order valence-corrected chi connectivity index (χ4v) is 3.80. The maximum absolute atomic E-state index is 9.93. The highest BCUT2D eigenvalue weighted by Gasteiger charge is 2.34. The van der Waals surface area contributed by atoms with Gasteiger partial charge in [0.05, 0.1) is 11.3 Å². The Hall–Kier alpha value is -2.84. The topological polar surface area (TPSA) is 65.1 Å². The van der Waals surface area contributed by atoms with Crippen molar-refractivity contribution in [2.45, 2.75) is 39.2 Å². The Morgan fingerprint density at radius 3 is 2.46 bits per heavy atom. The summed E-state index contributed by atoms with van der Waals surface area (Å²) in [6.45, 7) is 10.1. The molecule has 2 heterocycles. The first-order chi connectivity index (χ1) is 13.3. The number of hydrogen-bond acceptors (Lipinski definition) is 5. The molecule has 0 amide bonds. The van der Waals surface area contributed by atoms with E-state index in [0.29, 0.717) is 23.0 Å². The van der Waals surface area contributed by atoms with Crippen molar-refractivity contribution >= 4 is 16.8 Å². The summed E-state index contributed by atoms with van der Waals surface area (Å²) in [5.74, 6) is 0.663. The highest BCUT2D eigenvalue weighted by Crippen LogP contribution is 2.45. The number of nitriles is 1. The van der Waals surface area contributed by atoms with E-state index in [-0.39, 0.29) is 5.41 Å². The Bertz CT molecular complexity index is 1060. The van der Waals surface area contributed by atoms with E-state index < -0.39 is 0 Å². The molecule has 3 aromatic rings. The second kappa shape index (κ2) is 6.65. The van der Waals surface area contributed by atoms with Crippen LogP contribution in [0.5, 0.6) is 0 Å². The van der Waals surface area contributed by atoms with Crippen LogP contribution in [-0.2, 0) is 5.41 Å². The smallest absolute Gasteiger partial charge is 0.201 e. The molecule has 1 N–H and O–H groups in total. The van der Waals surface area contributed by atoms with Crippen LogP contribution in [0.15, 0.2) is 34.7 Å². The number of nitrogens with one attached hydrogen (secondary N) is 1. The molecule has 0 bridgehead atoms. The third kappa shape index (κ3) is 2.85. The number of rotatable bonds is 3. The monoisotopic (exact) mass is 374 g/mol. The van der Waals surface area contributed by atoms with Crippen LogP contribution in [0.3, 0.4) is 0 Å². The van der Waals surface area contributed by atoms with Crippen LogP contribution in [-0.4, -0.2) is 31.2 Å². The minimum Gasteiger partial charge on any atom is -0.438 e. The molecule has 28 heavy (non-hydrogen) atoms. The van der Waals surface area contributed by atoms with Gasteiger partial charge in [-0.3, -0.25) is 0 Å². The largest absolute Gasteiger partial charge is 0.438 e. The second-order valence-corrected chi connectivity index (χ2v) is 8.54. The van der Waals surface area contributed by atoms with Crippen LogP contribution < -0.4 is 10.2 Å². The molecule has 0 unspecified atom stereocenters. The van der Waals surface area contributed by atoms with Crippen molar-refractivity contribution < 1.29 is 4.42 Å². The Labute approximate surface area is 166 Å². The molecule has 144 valence electrons. The Morgan fingerprint density at radius 2 is 1.89 bits per heavy atom. The maximum atomic E-state index is 9.93. The van der Waals surface area contributed by atoms with E-state index in [2.05, 4.69) is 49.2 Å². The van der Waals surface area contributed by atoms with Gasteiger partial charge in [0, 0.05) is 30.1 Å². The van der Waals surface area contributed by atoms with Crippen molar-refractivity contribution in [2.75, 3.05) is 25.0 Å².